The lowest BCUT2D eigenvalue weighted by Gasteiger charge is -2.53. The van der Waals surface area contributed by atoms with Crippen LogP contribution in [0.5, 0.6) is 0 Å². The first-order valence-corrected chi connectivity index (χ1v) is 10.2. The molecule has 0 aromatic heterocycles. The molecular formula is C24H34O4. The molecule has 2 heterocycles. The van der Waals surface area contributed by atoms with Crippen molar-refractivity contribution >= 4 is 0 Å². The molecule has 1 unspecified atom stereocenters. The molecule has 154 valence electrons. The highest BCUT2D eigenvalue weighted by Crippen LogP contribution is 2.45. The first-order valence-electron chi connectivity index (χ1n) is 10.2. The van der Waals surface area contributed by atoms with Crippen molar-refractivity contribution in [1.29, 1.82) is 0 Å². The third-order valence-electron chi connectivity index (χ3n) is 5.63. The minimum absolute atomic E-state index is 0.167. The van der Waals surface area contributed by atoms with Gasteiger partial charge in [0, 0.05) is 11.0 Å². The minimum Gasteiger partial charge on any atom is -0.346 e. The number of allylic oxidation sites excluding steroid dienone is 2. The molecule has 2 aliphatic heterocycles. The van der Waals surface area contributed by atoms with E-state index in [0.717, 1.165) is 18.4 Å². The molecule has 2 saturated heterocycles. The maximum absolute atomic E-state index is 6.45. The Morgan fingerprint density at radius 3 is 2.57 bits per heavy atom. The van der Waals surface area contributed by atoms with Gasteiger partial charge >= 0.3 is 0 Å². The van der Waals surface area contributed by atoms with Crippen molar-refractivity contribution in [3.63, 3.8) is 0 Å². The molecule has 0 amide bonds. The lowest BCUT2D eigenvalue weighted by Crippen LogP contribution is -2.63. The van der Waals surface area contributed by atoms with E-state index in [1.54, 1.807) is 0 Å². The van der Waals surface area contributed by atoms with Gasteiger partial charge in [0.05, 0.1) is 12.7 Å². The van der Waals surface area contributed by atoms with Crippen LogP contribution in [-0.4, -0.2) is 30.7 Å². The van der Waals surface area contributed by atoms with Crippen molar-refractivity contribution in [2.45, 2.75) is 77.8 Å². The van der Waals surface area contributed by atoms with Crippen molar-refractivity contribution in [1.82, 2.24) is 0 Å². The zero-order chi connectivity index (χ0) is 20.4. The second-order valence-corrected chi connectivity index (χ2v) is 8.80. The van der Waals surface area contributed by atoms with Crippen LogP contribution in [-0.2, 0) is 18.9 Å². The predicted octanol–water partition coefficient (Wildman–Crippen LogP) is 5.56. The molecule has 0 saturated carbocycles. The Kier molecular flexibility index (Phi) is 6.45. The average molecular weight is 387 g/mol. The standard InChI is InChI=1S/C24H34O4/c1-7-24(6,15-11-12-17(2)3)21-20-19(27-23(4,5)28-21)16-25-22(26-20)18-13-9-8-10-14-18/h7-10,12-14,19-22H,1,11,15-16H2,2-6H3/t19-,20+,21-,22+,24?/m1/s1. The van der Waals surface area contributed by atoms with Gasteiger partial charge in [-0.3, -0.25) is 0 Å². The van der Waals surface area contributed by atoms with Crippen LogP contribution in [0.2, 0.25) is 0 Å². The van der Waals surface area contributed by atoms with Crippen LogP contribution >= 0.6 is 0 Å². The Balaban J connectivity index is 1.85. The molecule has 0 radical (unpaired) electrons. The Morgan fingerprint density at radius 1 is 1.21 bits per heavy atom. The number of benzene rings is 1. The zero-order valence-corrected chi connectivity index (χ0v) is 17.8. The van der Waals surface area contributed by atoms with E-state index in [-0.39, 0.29) is 23.7 Å². The molecule has 0 aliphatic carbocycles. The van der Waals surface area contributed by atoms with Crippen LogP contribution < -0.4 is 0 Å². The van der Waals surface area contributed by atoms with Crippen LogP contribution in [0.4, 0.5) is 0 Å². The van der Waals surface area contributed by atoms with Gasteiger partial charge in [-0.2, -0.15) is 0 Å². The van der Waals surface area contributed by atoms with Gasteiger partial charge in [-0.05, 0) is 40.5 Å². The van der Waals surface area contributed by atoms with Crippen LogP contribution in [0.15, 0.2) is 54.6 Å². The van der Waals surface area contributed by atoms with Gasteiger partial charge in [0.1, 0.15) is 12.2 Å². The zero-order valence-electron chi connectivity index (χ0n) is 17.8. The van der Waals surface area contributed by atoms with Crippen molar-refractivity contribution in [2.24, 2.45) is 5.41 Å². The minimum atomic E-state index is -0.696. The summed E-state index contributed by atoms with van der Waals surface area (Å²) in [5, 5.41) is 0. The number of fused-ring (bicyclic) bond motifs is 1. The molecule has 2 aliphatic rings. The topological polar surface area (TPSA) is 36.9 Å². The van der Waals surface area contributed by atoms with Crippen LogP contribution in [0, 0.1) is 5.41 Å². The van der Waals surface area contributed by atoms with Gasteiger partial charge in [0.15, 0.2) is 12.1 Å². The van der Waals surface area contributed by atoms with E-state index in [9.17, 15) is 0 Å². The smallest absolute Gasteiger partial charge is 0.184 e. The summed E-state index contributed by atoms with van der Waals surface area (Å²) in [5.41, 5.74) is 2.09. The summed E-state index contributed by atoms with van der Waals surface area (Å²) >= 11 is 0. The molecule has 5 atom stereocenters. The molecule has 2 fully saturated rings. The maximum Gasteiger partial charge on any atom is 0.184 e. The van der Waals surface area contributed by atoms with E-state index >= 15 is 0 Å². The normalized spacial score (nSPS) is 31.3. The van der Waals surface area contributed by atoms with Crippen LogP contribution in [0.3, 0.4) is 0 Å². The van der Waals surface area contributed by atoms with Gasteiger partial charge in [-0.25, -0.2) is 0 Å². The molecule has 1 aromatic carbocycles. The van der Waals surface area contributed by atoms with Crippen molar-refractivity contribution in [3.8, 4) is 0 Å². The fourth-order valence-corrected chi connectivity index (χ4v) is 4.01. The number of hydrogen-bond acceptors (Lipinski definition) is 4. The van der Waals surface area contributed by atoms with E-state index in [1.807, 2.05) is 50.3 Å². The summed E-state index contributed by atoms with van der Waals surface area (Å²) in [4.78, 5) is 0. The average Bonchev–Trinajstić information content (AvgIpc) is 2.66. The van der Waals surface area contributed by atoms with Crippen LogP contribution in [0.1, 0.15) is 59.3 Å². The number of ether oxygens (including phenoxy) is 4. The molecule has 3 rings (SSSR count). The molecule has 4 nitrogen and oxygen atoms in total. The highest BCUT2D eigenvalue weighted by atomic mass is 16.8. The molecular weight excluding hydrogens is 352 g/mol. The summed E-state index contributed by atoms with van der Waals surface area (Å²) in [5.74, 6) is -0.696. The van der Waals surface area contributed by atoms with Crippen LogP contribution in [0.25, 0.3) is 0 Å². The lowest BCUT2D eigenvalue weighted by atomic mass is 9.75. The van der Waals surface area contributed by atoms with Crippen molar-refractivity contribution in [3.05, 3.63) is 60.2 Å². The Bertz CT molecular complexity index is 692. The van der Waals surface area contributed by atoms with Crippen molar-refractivity contribution < 1.29 is 18.9 Å². The van der Waals surface area contributed by atoms with E-state index in [4.69, 9.17) is 18.9 Å². The van der Waals surface area contributed by atoms with Gasteiger partial charge in [0.2, 0.25) is 0 Å². The van der Waals surface area contributed by atoms with Gasteiger partial charge < -0.3 is 18.9 Å². The van der Waals surface area contributed by atoms with E-state index in [2.05, 4.69) is 33.4 Å². The molecule has 4 heteroatoms. The highest BCUT2D eigenvalue weighted by molar-refractivity contribution is 5.17. The second-order valence-electron chi connectivity index (χ2n) is 8.80. The third kappa shape index (κ3) is 4.74. The molecule has 0 spiro atoms. The molecule has 1 aromatic rings. The Hall–Kier alpha value is -1.46. The molecule has 28 heavy (non-hydrogen) atoms. The van der Waals surface area contributed by atoms with Gasteiger partial charge in [-0.15, -0.1) is 6.58 Å². The highest BCUT2D eigenvalue weighted by Gasteiger charge is 2.53. The maximum atomic E-state index is 6.45. The van der Waals surface area contributed by atoms with E-state index < -0.39 is 12.1 Å². The van der Waals surface area contributed by atoms with E-state index in [0.29, 0.717) is 6.61 Å². The number of rotatable bonds is 6. The van der Waals surface area contributed by atoms with Gasteiger partial charge in [0.25, 0.3) is 0 Å². The van der Waals surface area contributed by atoms with Gasteiger partial charge in [-0.1, -0.05) is 55.0 Å². The first-order chi connectivity index (χ1) is 13.2. The monoisotopic (exact) mass is 386 g/mol. The molecule has 0 N–H and O–H groups in total. The Labute approximate surface area is 169 Å². The Morgan fingerprint density at radius 2 is 1.93 bits per heavy atom. The first kappa shape index (κ1) is 21.3. The summed E-state index contributed by atoms with van der Waals surface area (Å²) in [6.07, 6.45) is 5.23. The van der Waals surface area contributed by atoms with Crippen molar-refractivity contribution in [2.75, 3.05) is 6.61 Å². The van der Waals surface area contributed by atoms with E-state index in [1.165, 1.54) is 5.57 Å². The largest absolute Gasteiger partial charge is 0.346 e. The summed E-state index contributed by atoms with van der Waals surface area (Å²) < 4.78 is 25.0. The second kappa shape index (κ2) is 8.50. The summed E-state index contributed by atoms with van der Waals surface area (Å²) in [7, 11) is 0. The fourth-order valence-electron chi connectivity index (χ4n) is 4.01. The fraction of sp³-hybridized carbons (Fsp3) is 0.583. The SMILES string of the molecule is C=CC(C)(CCC=C(C)C)[C@@H]1OC(C)(C)O[C@@H]2CO[C@H](c3ccccc3)O[C@H]12. The quantitative estimate of drug-likeness (QED) is 0.600. The summed E-state index contributed by atoms with van der Waals surface area (Å²) in [6, 6.07) is 10.0. The third-order valence-corrected chi connectivity index (χ3v) is 5.63. The predicted molar refractivity (Wildman–Crippen MR) is 111 cm³/mol. The number of hydrogen-bond donors (Lipinski definition) is 0. The molecule has 0 bridgehead atoms. The lowest BCUT2D eigenvalue weighted by molar-refractivity contribution is -0.399. The summed E-state index contributed by atoms with van der Waals surface area (Å²) in [6.45, 7) is 15.0.